The van der Waals surface area contributed by atoms with Crippen LogP contribution in [0.25, 0.3) is 0 Å². The molecule has 0 spiro atoms. The maximum Gasteiger partial charge on any atom is 0.319 e. The van der Waals surface area contributed by atoms with Crippen LogP contribution in [0.4, 0.5) is 9.59 Å². The second-order valence-corrected chi connectivity index (χ2v) is 6.46. The average molecular weight is 330 g/mol. The van der Waals surface area contributed by atoms with Gasteiger partial charge in [0.1, 0.15) is 0 Å². The van der Waals surface area contributed by atoms with E-state index in [4.69, 9.17) is 11.5 Å². The summed E-state index contributed by atoms with van der Waals surface area (Å²) in [7, 11) is 6.91. The van der Waals surface area contributed by atoms with Crippen LogP contribution in [-0.2, 0) is 0 Å². The van der Waals surface area contributed by atoms with Crippen molar-refractivity contribution >= 4 is 12.1 Å². The Kier molecular flexibility index (Phi) is 8.93. The summed E-state index contributed by atoms with van der Waals surface area (Å²) >= 11 is 0. The quantitative estimate of drug-likeness (QED) is 0.688. The van der Waals surface area contributed by atoms with Crippen molar-refractivity contribution in [3.63, 3.8) is 0 Å². The standard InChI is InChI=1S/C15H34N6O2/c1-11(17)9-18(4)14(22)21(7)13(3)10-19(5)15(23)20(6)12(2)8-16/h11-13H,8-10,16-17H2,1-7H3. The van der Waals surface area contributed by atoms with Crippen LogP contribution >= 0.6 is 0 Å². The number of hydrogen-bond acceptors (Lipinski definition) is 4. The SMILES string of the molecule is CC(N)CN(C)C(=O)N(C)C(C)CN(C)C(=O)N(C)C(C)CN. The maximum absolute atomic E-state index is 12.3. The number of amides is 4. The topological polar surface area (TPSA) is 99.1 Å². The van der Waals surface area contributed by atoms with Gasteiger partial charge >= 0.3 is 12.1 Å². The fourth-order valence-corrected chi connectivity index (χ4v) is 2.18. The van der Waals surface area contributed by atoms with E-state index in [0.29, 0.717) is 19.6 Å². The van der Waals surface area contributed by atoms with Gasteiger partial charge in [-0.1, -0.05) is 0 Å². The van der Waals surface area contributed by atoms with Gasteiger partial charge < -0.3 is 31.1 Å². The Morgan fingerprint density at radius 3 is 1.61 bits per heavy atom. The zero-order valence-electron chi connectivity index (χ0n) is 15.6. The van der Waals surface area contributed by atoms with Gasteiger partial charge in [0.2, 0.25) is 0 Å². The van der Waals surface area contributed by atoms with Crippen molar-refractivity contribution in [1.29, 1.82) is 0 Å². The molecule has 0 aromatic carbocycles. The van der Waals surface area contributed by atoms with E-state index >= 15 is 0 Å². The summed E-state index contributed by atoms with van der Waals surface area (Å²) in [6.45, 7) is 7.00. The third-order valence-corrected chi connectivity index (χ3v) is 4.02. The van der Waals surface area contributed by atoms with Gasteiger partial charge in [0, 0.05) is 66.0 Å². The van der Waals surface area contributed by atoms with E-state index in [-0.39, 0.29) is 30.2 Å². The van der Waals surface area contributed by atoms with Crippen LogP contribution in [0.2, 0.25) is 0 Å². The second-order valence-electron chi connectivity index (χ2n) is 6.46. The molecule has 0 aliphatic carbocycles. The molecule has 23 heavy (non-hydrogen) atoms. The molecule has 4 N–H and O–H groups in total. The Morgan fingerprint density at radius 1 is 0.826 bits per heavy atom. The number of carbonyl (C=O) groups excluding carboxylic acids is 2. The molecule has 136 valence electrons. The Morgan fingerprint density at radius 2 is 1.22 bits per heavy atom. The predicted octanol–water partition coefficient (Wildman–Crippen LogP) is 0.0365. The van der Waals surface area contributed by atoms with Crippen molar-refractivity contribution < 1.29 is 9.59 Å². The summed E-state index contributed by atoms with van der Waals surface area (Å²) in [4.78, 5) is 31.1. The molecule has 0 aliphatic heterocycles. The molecule has 0 aromatic heterocycles. The van der Waals surface area contributed by atoms with Crippen LogP contribution in [-0.4, -0.2) is 97.6 Å². The smallest absolute Gasteiger partial charge is 0.319 e. The Bertz CT molecular complexity index is 390. The number of hydrogen-bond donors (Lipinski definition) is 2. The first-order chi connectivity index (χ1) is 10.5. The van der Waals surface area contributed by atoms with E-state index in [2.05, 4.69) is 0 Å². The van der Waals surface area contributed by atoms with Crippen molar-refractivity contribution in [1.82, 2.24) is 19.6 Å². The van der Waals surface area contributed by atoms with Crippen LogP contribution in [0, 0.1) is 0 Å². The molecule has 0 saturated heterocycles. The zero-order chi connectivity index (χ0) is 18.3. The van der Waals surface area contributed by atoms with E-state index in [1.807, 2.05) is 20.8 Å². The van der Waals surface area contributed by atoms with Crippen molar-refractivity contribution in [3.05, 3.63) is 0 Å². The molecule has 0 fully saturated rings. The van der Waals surface area contributed by atoms with E-state index in [0.717, 1.165) is 0 Å². The monoisotopic (exact) mass is 330 g/mol. The van der Waals surface area contributed by atoms with Crippen LogP contribution in [0.3, 0.4) is 0 Å². The van der Waals surface area contributed by atoms with Crippen molar-refractivity contribution in [2.75, 3.05) is 47.8 Å². The second kappa shape index (κ2) is 9.57. The number of rotatable bonds is 7. The predicted molar refractivity (Wildman–Crippen MR) is 93.2 cm³/mol. The van der Waals surface area contributed by atoms with Gasteiger partial charge in [0.15, 0.2) is 0 Å². The minimum Gasteiger partial charge on any atom is -0.328 e. The normalized spacial score (nSPS) is 14.7. The van der Waals surface area contributed by atoms with E-state index in [1.165, 1.54) is 0 Å². The van der Waals surface area contributed by atoms with Crippen LogP contribution in [0.5, 0.6) is 0 Å². The number of carbonyl (C=O) groups is 2. The molecule has 0 aliphatic rings. The highest BCUT2D eigenvalue weighted by atomic mass is 16.2. The van der Waals surface area contributed by atoms with E-state index in [9.17, 15) is 9.59 Å². The molecule has 0 aromatic rings. The van der Waals surface area contributed by atoms with E-state index < -0.39 is 0 Å². The Balaban J connectivity index is 4.64. The zero-order valence-corrected chi connectivity index (χ0v) is 15.6. The molecule has 0 rings (SSSR count). The van der Waals surface area contributed by atoms with Crippen molar-refractivity contribution in [3.8, 4) is 0 Å². The van der Waals surface area contributed by atoms with Gasteiger partial charge in [0.25, 0.3) is 0 Å². The number of urea groups is 2. The number of nitrogens with two attached hydrogens (primary N) is 2. The average Bonchev–Trinajstić information content (AvgIpc) is 2.49. The summed E-state index contributed by atoms with van der Waals surface area (Å²) in [5.41, 5.74) is 11.3. The summed E-state index contributed by atoms with van der Waals surface area (Å²) in [5, 5.41) is 0. The molecule has 3 unspecified atom stereocenters. The highest BCUT2D eigenvalue weighted by molar-refractivity contribution is 5.75. The summed E-state index contributed by atoms with van der Waals surface area (Å²) < 4.78 is 0. The van der Waals surface area contributed by atoms with Gasteiger partial charge in [0.05, 0.1) is 0 Å². The van der Waals surface area contributed by atoms with Gasteiger partial charge in [-0.15, -0.1) is 0 Å². The molecule has 0 saturated carbocycles. The van der Waals surface area contributed by atoms with E-state index in [1.54, 1.807) is 47.8 Å². The summed E-state index contributed by atoms with van der Waals surface area (Å²) in [6.07, 6.45) is 0. The number of nitrogens with zero attached hydrogens (tertiary/aromatic N) is 4. The first-order valence-corrected chi connectivity index (χ1v) is 7.94. The minimum absolute atomic E-state index is 0.0307. The van der Waals surface area contributed by atoms with Gasteiger partial charge in [-0.25, -0.2) is 9.59 Å². The lowest BCUT2D eigenvalue weighted by molar-refractivity contribution is 0.132. The highest BCUT2D eigenvalue weighted by Gasteiger charge is 2.24. The minimum atomic E-state index is -0.117. The van der Waals surface area contributed by atoms with Gasteiger partial charge in [-0.3, -0.25) is 0 Å². The number of likely N-dealkylation sites (N-methyl/N-ethyl adjacent to an activating group) is 4. The summed E-state index contributed by atoms with van der Waals surface area (Å²) in [5.74, 6) is 0. The van der Waals surface area contributed by atoms with Crippen LogP contribution in [0.15, 0.2) is 0 Å². The Hall–Kier alpha value is -1.54. The molecule has 0 bridgehead atoms. The van der Waals surface area contributed by atoms with Gasteiger partial charge in [-0.05, 0) is 20.8 Å². The molecular weight excluding hydrogens is 296 g/mol. The third kappa shape index (κ3) is 6.62. The van der Waals surface area contributed by atoms with Crippen molar-refractivity contribution in [2.45, 2.75) is 38.9 Å². The van der Waals surface area contributed by atoms with Gasteiger partial charge in [-0.2, -0.15) is 0 Å². The van der Waals surface area contributed by atoms with Crippen LogP contribution < -0.4 is 11.5 Å². The fourth-order valence-electron chi connectivity index (χ4n) is 2.18. The third-order valence-electron chi connectivity index (χ3n) is 4.02. The molecule has 0 radical (unpaired) electrons. The first kappa shape index (κ1) is 21.5. The Labute approximate surface area is 140 Å². The molecule has 0 heterocycles. The highest BCUT2D eigenvalue weighted by Crippen LogP contribution is 2.06. The maximum atomic E-state index is 12.3. The lowest BCUT2D eigenvalue weighted by Gasteiger charge is -2.34. The lowest BCUT2D eigenvalue weighted by atomic mass is 10.2. The molecule has 8 nitrogen and oxygen atoms in total. The fraction of sp³-hybridized carbons (Fsp3) is 0.867. The lowest BCUT2D eigenvalue weighted by Crippen LogP contribution is -2.52. The largest absolute Gasteiger partial charge is 0.328 e. The molecular formula is C15H34N6O2. The first-order valence-electron chi connectivity index (χ1n) is 7.94. The van der Waals surface area contributed by atoms with Crippen molar-refractivity contribution in [2.24, 2.45) is 11.5 Å². The molecule has 3 atom stereocenters. The van der Waals surface area contributed by atoms with Crippen LogP contribution in [0.1, 0.15) is 20.8 Å². The molecule has 8 heteroatoms. The summed E-state index contributed by atoms with van der Waals surface area (Å²) in [6, 6.07) is -0.451. The molecule has 4 amide bonds.